The fraction of sp³-hybridized carbons (Fsp3) is 0.636. The molecule has 1 aliphatic carbocycles. The van der Waals surface area contributed by atoms with Gasteiger partial charge in [0.2, 0.25) is 0 Å². The van der Waals surface area contributed by atoms with Gasteiger partial charge in [-0.3, -0.25) is 0 Å². The minimum atomic E-state index is 0.570. The summed E-state index contributed by atoms with van der Waals surface area (Å²) in [7, 11) is 2.09. The average Bonchev–Trinajstić information content (AvgIpc) is 2.39. The maximum atomic E-state index is 5.41. The SMILES string of the molecule is CN(c1ncnc(NN)c1Br)C1CCCCC1. The second kappa shape index (κ2) is 5.64. The molecule has 0 atom stereocenters. The predicted molar refractivity (Wildman–Crippen MR) is 72.8 cm³/mol. The summed E-state index contributed by atoms with van der Waals surface area (Å²) in [5, 5.41) is 0. The van der Waals surface area contributed by atoms with E-state index in [2.05, 4.69) is 43.3 Å². The number of nitrogens with one attached hydrogen (secondary N) is 1. The predicted octanol–water partition coefficient (Wildman–Crippen LogP) is 2.29. The van der Waals surface area contributed by atoms with Crippen molar-refractivity contribution in [2.75, 3.05) is 17.4 Å². The van der Waals surface area contributed by atoms with Gasteiger partial charge in [0.05, 0.1) is 0 Å². The number of nitrogens with two attached hydrogens (primary N) is 1. The molecule has 17 heavy (non-hydrogen) atoms. The van der Waals surface area contributed by atoms with Gasteiger partial charge >= 0.3 is 0 Å². The van der Waals surface area contributed by atoms with Gasteiger partial charge in [0.15, 0.2) is 5.82 Å². The van der Waals surface area contributed by atoms with Gasteiger partial charge in [0.1, 0.15) is 16.6 Å². The fourth-order valence-electron chi connectivity index (χ4n) is 2.35. The normalized spacial score (nSPS) is 16.9. The van der Waals surface area contributed by atoms with Crippen LogP contribution in [-0.4, -0.2) is 23.1 Å². The zero-order valence-electron chi connectivity index (χ0n) is 9.99. The Balaban J connectivity index is 2.20. The zero-order chi connectivity index (χ0) is 12.3. The first-order valence-corrected chi connectivity index (χ1v) is 6.73. The molecule has 3 N–H and O–H groups in total. The minimum Gasteiger partial charge on any atom is -0.356 e. The number of hydrazine groups is 1. The van der Waals surface area contributed by atoms with Crippen molar-refractivity contribution in [3.63, 3.8) is 0 Å². The van der Waals surface area contributed by atoms with E-state index in [9.17, 15) is 0 Å². The van der Waals surface area contributed by atoms with Gasteiger partial charge in [-0.1, -0.05) is 19.3 Å². The molecule has 1 heterocycles. The fourth-order valence-corrected chi connectivity index (χ4v) is 2.95. The quantitative estimate of drug-likeness (QED) is 0.662. The monoisotopic (exact) mass is 299 g/mol. The summed E-state index contributed by atoms with van der Waals surface area (Å²) < 4.78 is 0.829. The van der Waals surface area contributed by atoms with Crippen molar-refractivity contribution in [1.29, 1.82) is 0 Å². The van der Waals surface area contributed by atoms with Gasteiger partial charge in [0.25, 0.3) is 0 Å². The second-order valence-electron chi connectivity index (χ2n) is 4.41. The van der Waals surface area contributed by atoms with E-state index in [4.69, 9.17) is 5.84 Å². The van der Waals surface area contributed by atoms with Crippen LogP contribution in [0.25, 0.3) is 0 Å². The van der Waals surface area contributed by atoms with Crippen LogP contribution < -0.4 is 16.2 Å². The van der Waals surface area contributed by atoms with E-state index in [1.807, 2.05) is 0 Å². The molecule has 1 aromatic rings. The Morgan fingerprint density at radius 1 is 1.35 bits per heavy atom. The number of hydrogen-bond acceptors (Lipinski definition) is 5. The van der Waals surface area contributed by atoms with Crippen LogP contribution in [-0.2, 0) is 0 Å². The summed E-state index contributed by atoms with van der Waals surface area (Å²) >= 11 is 3.50. The Morgan fingerprint density at radius 2 is 2.06 bits per heavy atom. The Kier molecular flexibility index (Phi) is 4.17. The Bertz CT molecular complexity index is 378. The Labute approximate surface area is 110 Å². The maximum absolute atomic E-state index is 5.41. The van der Waals surface area contributed by atoms with Crippen LogP contribution in [0.5, 0.6) is 0 Å². The van der Waals surface area contributed by atoms with Crippen molar-refractivity contribution >= 4 is 27.6 Å². The van der Waals surface area contributed by atoms with Crippen LogP contribution in [0.3, 0.4) is 0 Å². The molecule has 0 amide bonds. The lowest BCUT2D eigenvalue weighted by atomic mass is 9.94. The molecule has 0 aromatic carbocycles. The van der Waals surface area contributed by atoms with E-state index in [0.29, 0.717) is 11.9 Å². The molecule has 1 fully saturated rings. The molecule has 6 heteroatoms. The molecule has 94 valence electrons. The largest absolute Gasteiger partial charge is 0.356 e. The highest BCUT2D eigenvalue weighted by molar-refractivity contribution is 9.10. The van der Waals surface area contributed by atoms with E-state index in [0.717, 1.165) is 10.3 Å². The maximum Gasteiger partial charge on any atom is 0.159 e. The number of nitrogen functional groups attached to an aromatic ring is 1. The topological polar surface area (TPSA) is 67.1 Å². The lowest BCUT2D eigenvalue weighted by molar-refractivity contribution is 0.425. The summed E-state index contributed by atoms with van der Waals surface area (Å²) in [6, 6.07) is 0.570. The Morgan fingerprint density at radius 3 is 2.71 bits per heavy atom. The van der Waals surface area contributed by atoms with Crippen LogP contribution in [0.4, 0.5) is 11.6 Å². The number of nitrogens with zero attached hydrogens (tertiary/aromatic N) is 3. The van der Waals surface area contributed by atoms with E-state index in [1.165, 1.54) is 38.4 Å². The molecule has 1 aliphatic rings. The molecule has 1 saturated carbocycles. The molecule has 0 saturated heterocycles. The zero-order valence-corrected chi connectivity index (χ0v) is 11.6. The lowest BCUT2D eigenvalue weighted by Gasteiger charge is -2.32. The highest BCUT2D eigenvalue weighted by atomic mass is 79.9. The average molecular weight is 300 g/mol. The van der Waals surface area contributed by atoms with Crippen LogP contribution >= 0.6 is 15.9 Å². The highest BCUT2D eigenvalue weighted by Crippen LogP contribution is 2.32. The highest BCUT2D eigenvalue weighted by Gasteiger charge is 2.21. The third-order valence-corrected chi connectivity index (χ3v) is 4.09. The summed E-state index contributed by atoms with van der Waals surface area (Å²) in [4.78, 5) is 10.6. The van der Waals surface area contributed by atoms with Crippen LogP contribution in [0.1, 0.15) is 32.1 Å². The molecule has 0 aliphatic heterocycles. The van der Waals surface area contributed by atoms with Gasteiger partial charge in [-0.2, -0.15) is 0 Å². The van der Waals surface area contributed by atoms with Gasteiger partial charge in [0, 0.05) is 13.1 Å². The number of hydrogen-bond donors (Lipinski definition) is 2. The van der Waals surface area contributed by atoms with Crippen molar-refractivity contribution in [2.45, 2.75) is 38.1 Å². The summed E-state index contributed by atoms with van der Waals surface area (Å²) in [6.07, 6.45) is 7.97. The number of halogens is 1. The molecule has 2 rings (SSSR count). The van der Waals surface area contributed by atoms with E-state index < -0.39 is 0 Å². The molecular formula is C11H18BrN5. The van der Waals surface area contributed by atoms with E-state index in [-0.39, 0.29) is 0 Å². The van der Waals surface area contributed by atoms with Gasteiger partial charge in [-0.25, -0.2) is 15.8 Å². The minimum absolute atomic E-state index is 0.570. The summed E-state index contributed by atoms with van der Waals surface area (Å²) in [6.45, 7) is 0. The van der Waals surface area contributed by atoms with Gasteiger partial charge in [-0.05, 0) is 28.8 Å². The van der Waals surface area contributed by atoms with Crippen molar-refractivity contribution in [3.05, 3.63) is 10.8 Å². The first-order valence-electron chi connectivity index (χ1n) is 5.94. The van der Waals surface area contributed by atoms with Crippen LogP contribution in [0, 0.1) is 0 Å². The second-order valence-corrected chi connectivity index (χ2v) is 5.20. The lowest BCUT2D eigenvalue weighted by Crippen LogP contribution is -2.34. The smallest absolute Gasteiger partial charge is 0.159 e. The number of anilines is 2. The van der Waals surface area contributed by atoms with Gasteiger partial charge < -0.3 is 10.3 Å². The number of aromatic nitrogens is 2. The van der Waals surface area contributed by atoms with Crippen LogP contribution in [0.15, 0.2) is 10.8 Å². The third kappa shape index (κ3) is 2.69. The molecule has 1 aromatic heterocycles. The van der Waals surface area contributed by atoms with Crippen molar-refractivity contribution in [2.24, 2.45) is 5.84 Å². The molecule has 0 spiro atoms. The first-order chi connectivity index (χ1) is 8.24. The van der Waals surface area contributed by atoms with Crippen LogP contribution in [0.2, 0.25) is 0 Å². The summed E-state index contributed by atoms with van der Waals surface area (Å²) in [5.41, 5.74) is 2.57. The third-order valence-electron chi connectivity index (χ3n) is 3.36. The molecule has 5 nitrogen and oxygen atoms in total. The van der Waals surface area contributed by atoms with Crippen molar-refractivity contribution < 1.29 is 0 Å². The standard InChI is InChI=1S/C11H18BrN5/c1-17(8-5-3-2-4-6-8)11-9(12)10(16-13)14-7-15-11/h7-8H,2-6,13H2,1H3,(H,14,15,16). The summed E-state index contributed by atoms with van der Waals surface area (Å²) in [5.74, 6) is 6.93. The Hall–Kier alpha value is -0.880. The molecular weight excluding hydrogens is 282 g/mol. The molecule has 0 unspecified atom stereocenters. The van der Waals surface area contributed by atoms with E-state index >= 15 is 0 Å². The first kappa shape index (κ1) is 12.6. The van der Waals surface area contributed by atoms with Crippen molar-refractivity contribution in [1.82, 2.24) is 9.97 Å². The van der Waals surface area contributed by atoms with E-state index in [1.54, 1.807) is 0 Å². The van der Waals surface area contributed by atoms with Crippen molar-refractivity contribution in [3.8, 4) is 0 Å². The number of rotatable bonds is 3. The molecule has 0 bridgehead atoms. The molecule has 0 radical (unpaired) electrons. The van der Waals surface area contributed by atoms with Gasteiger partial charge in [-0.15, -0.1) is 0 Å².